The Balaban J connectivity index is 2.55. The highest BCUT2D eigenvalue weighted by Gasteiger charge is 2.19. The van der Waals surface area contributed by atoms with Crippen LogP contribution >= 0.6 is 0 Å². The van der Waals surface area contributed by atoms with E-state index in [-0.39, 0.29) is 10.8 Å². The Kier molecular flexibility index (Phi) is 2.88. The molecule has 1 N–H and O–H groups in total. The van der Waals surface area contributed by atoms with Gasteiger partial charge in [-0.3, -0.25) is 18.7 Å². The van der Waals surface area contributed by atoms with Gasteiger partial charge in [0.05, 0.1) is 0 Å². The number of pyridine rings is 1. The Hall–Kier alpha value is -2.11. The summed E-state index contributed by atoms with van der Waals surface area (Å²) in [7, 11) is 2.97. The van der Waals surface area contributed by atoms with Gasteiger partial charge in [-0.25, -0.2) is 4.79 Å². The number of aromatic nitrogens is 3. The number of aryl methyl sites for hydroxylation is 2. The van der Waals surface area contributed by atoms with Crippen LogP contribution in [-0.2, 0) is 26.9 Å². The van der Waals surface area contributed by atoms with Gasteiger partial charge in [0.1, 0.15) is 11.0 Å². The number of nitrogens with one attached hydrogen (secondary N) is 1. The molecule has 0 unspecified atom stereocenters. The SMILES string of the molecule is Cn1c(=O)c2c(=O)c3c([nH]c2n(C)c1=O)CCCCC3. The van der Waals surface area contributed by atoms with Crippen LogP contribution in [0.15, 0.2) is 14.4 Å². The molecule has 2 heterocycles. The number of fused-ring (bicyclic) bond motifs is 2. The van der Waals surface area contributed by atoms with Gasteiger partial charge in [0.2, 0.25) is 0 Å². The minimum Gasteiger partial charge on any atom is -0.344 e. The predicted octanol–water partition coefficient (Wildman–Crippen LogP) is 0.194. The average Bonchev–Trinajstić information content (AvgIpc) is 2.68. The standard InChI is InChI=1S/C14H17N3O3/c1-16-12-10(13(19)17(2)14(16)20)11(18)8-6-4-3-5-7-9(8)15-12/h3-7H2,1-2H3,(H,15,18). The molecule has 0 aromatic carbocycles. The summed E-state index contributed by atoms with van der Waals surface area (Å²) < 4.78 is 2.32. The van der Waals surface area contributed by atoms with Crippen molar-refractivity contribution in [2.24, 2.45) is 14.1 Å². The molecule has 0 saturated carbocycles. The van der Waals surface area contributed by atoms with Crippen LogP contribution in [-0.4, -0.2) is 14.1 Å². The van der Waals surface area contributed by atoms with E-state index in [1.807, 2.05) is 0 Å². The van der Waals surface area contributed by atoms with Crippen LogP contribution in [0.4, 0.5) is 0 Å². The number of hydrogen-bond donors (Lipinski definition) is 1. The van der Waals surface area contributed by atoms with E-state index in [2.05, 4.69) is 4.98 Å². The normalized spacial score (nSPS) is 15.1. The molecule has 0 aliphatic heterocycles. The zero-order valence-corrected chi connectivity index (χ0v) is 11.7. The van der Waals surface area contributed by atoms with E-state index in [9.17, 15) is 14.4 Å². The van der Waals surface area contributed by atoms with Gasteiger partial charge in [0.25, 0.3) is 5.56 Å². The second-order valence-electron chi connectivity index (χ2n) is 5.40. The van der Waals surface area contributed by atoms with Crippen molar-refractivity contribution in [3.05, 3.63) is 42.3 Å². The van der Waals surface area contributed by atoms with E-state index in [0.29, 0.717) is 17.6 Å². The number of hydrogen-bond acceptors (Lipinski definition) is 3. The summed E-state index contributed by atoms with van der Waals surface area (Å²) in [5.74, 6) is 0. The van der Waals surface area contributed by atoms with E-state index >= 15 is 0 Å². The lowest BCUT2D eigenvalue weighted by molar-refractivity contribution is 0.701. The van der Waals surface area contributed by atoms with E-state index < -0.39 is 11.2 Å². The number of nitrogens with zero attached hydrogens (tertiary/aromatic N) is 2. The molecule has 106 valence electrons. The molecule has 1 aliphatic rings. The van der Waals surface area contributed by atoms with Crippen LogP contribution in [0, 0.1) is 0 Å². The van der Waals surface area contributed by atoms with Gasteiger partial charge in [-0.1, -0.05) is 6.42 Å². The van der Waals surface area contributed by atoms with Gasteiger partial charge in [0.15, 0.2) is 5.43 Å². The first kappa shape index (κ1) is 12.9. The zero-order chi connectivity index (χ0) is 14.4. The summed E-state index contributed by atoms with van der Waals surface area (Å²) in [5, 5.41) is 0.0928. The highest BCUT2D eigenvalue weighted by Crippen LogP contribution is 2.17. The average molecular weight is 275 g/mol. The monoisotopic (exact) mass is 275 g/mol. The Morgan fingerprint density at radius 3 is 2.40 bits per heavy atom. The fourth-order valence-electron chi connectivity index (χ4n) is 2.96. The smallest absolute Gasteiger partial charge is 0.332 e. The van der Waals surface area contributed by atoms with Gasteiger partial charge in [-0.2, -0.15) is 0 Å². The lowest BCUT2D eigenvalue weighted by Crippen LogP contribution is -2.40. The molecule has 6 nitrogen and oxygen atoms in total. The topological polar surface area (TPSA) is 76.9 Å². The fourth-order valence-corrected chi connectivity index (χ4v) is 2.96. The summed E-state index contributed by atoms with van der Waals surface area (Å²) in [6.07, 6.45) is 4.56. The van der Waals surface area contributed by atoms with Crippen molar-refractivity contribution in [1.29, 1.82) is 0 Å². The molecular weight excluding hydrogens is 258 g/mol. The molecule has 1 aliphatic carbocycles. The maximum atomic E-state index is 12.6. The molecule has 0 fully saturated rings. The fraction of sp³-hybridized carbons (Fsp3) is 0.500. The first-order valence-electron chi connectivity index (χ1n) is 6.86. The van der Waals surface area contributed by atoms with E-state index in [1.54, 1.807) is 7.05 Å². The zero-order valence-electron chi connectivity index (χ0n) is 11.7. The van der Waals surface area contributed by atoms with Crippen molar-refractivity contribution in [3.8, 4) is 0 Å². The summed E-state index contributed by atoms with van der Waals surface area (Å²) in [6.45, 7) is 0. The molecule has 2 aromatic heterocycles. The first-order chi connectivity index (χ1) is 9.52. The molecule has 2 aromatic rings. The Morgan fingerprint density at radius 2 is 1.65 bits per heavy atom. The van der Waals surface area contributed by atoms with Crippen LogP contribution in [0.25, 0.3) is 11.0 Å². The van der Waals surface area contributed by atoms with Crippen LogP contribution in [0.1, 0.15) is 30.5 Å². The first-order valence-corrected chi connectivity index (χ1v) is 6.86. The van der Waals surface area contributed by atoms with Gasteiger partial charge >= 0.3 is 5.69 Å². The molecule has 20 heavy (non-hydrogen) atoms. The molecule has 0 bridgehead atoms. The molecule has 6 heteroatoms. The number of rotatable bonds is 0. The molecule has 0 atom stereocenters. The summed E-state index contributed by atoms with van der Waals surface area (Å²) >= 11 is 0. The summed E-state index contributed by atoms with van der Waals surface area (Å²) in [5.41, 5.74) is 0.771. The Labute approximate surface area is 114 Å². The van der Waals surface area contributed by atoms with Crippen LogP contribution in [0.3, 0.4) is 0 Å². The summed E-state index contributed by atoms with van der Waals surface area (Å²) in [4.78, 5) is 39.9. The molecule has 0 radical (unpaired) electrons. The van der Waals surface area contributed by atoms with Crippen molar-refractivity contribution in [2.45, 2.75) is 32.1 Å². The van der Waals surface area contributed by atoms with E-state index in [1.165, 1.54) is 11.6 Å². The second kappa shape index (κ2) is 4.47. The minimum absolute atomic E-state index is 0.0928. The van der Waals surface area contributed by atoms with Crippen molar-refractivity contribution in [2.75, 3.05) is 0 Å². The van der Waals surface area contributed by atoms with Crippen LogP contribution in [0.5, 0.6) is 0 Å². The van der Waals surface area contributed by atoms with E-state index in [0.717, 1.165) is 35.9 Å². The third-order valence-electron chi connectivity index (χ3n) is 4.15. The van der Waals surface area contributed by atoms with Gasteiger partial charge in [0, 0.05) is 25.4 Å². The quantitative estimate of drug-likeness (QED) is 0.697. The van der Waals surface area contributed by atoms with Gasteiger partial charge in [-0.05, 0) is 25.7 Å². The maximum Gasteiger partial charge on any atom is 0.332 e. The largest absolute Gasteiger partial charge is 0.344 e. The van der Waals surface area contributed by atoms with Crippen molar-refractivity contribution < 1.29 is 0 Å². The highest BCUT2D eigenvalue weighted by molar-refractivity contribution is 5.75. The van der Waals surface area contributed by atoms with Crippen molar-refractivity contribution in [3.63, 3.8) is 0 Å². The van der Waals surface area contributed by atoms with Crippen molar-refractivity contribution in [1.82, 2.24) is 14.1 Å². The highest BCUT2D eigenvalue weighted by atomic mass is 16.2. The Bertz CT molecular complexity index is 870. The lowest BCUT2D eigenvalue weighted by atomic mass is 10.1. The third kappa shape index (κ3) is 1.67. The molecule has 3 rings (SSSR count). The number of H-pyrrole nitrogens is 1. The third-order valence-corrected chi connectivity index (χ3v) is 4.15. The predicted molar refractivity (Wildman–Crippen MR) is 76.3 cm³/mol. The summed E-state index contributed by atoms with van der Waals surface area (Å²) in [6, 6.07) is 0. The van der Waals surface area contributed by atoms with Gasteiger partial charge in [-0.15, -0.1) is 0 Å². The number of aromatic amines is 1. The molecule has 0 amide bonds. The molecule has 0 saturated heterocycles. The molecular formula is C14H17N3O3. The lowest BCUT2D eigenvalue weighted by Gasteiger charge is -2.11. The molecule has 0 spiro atoms. The van der Waals surface area contributed by atoms with Crippen molar-refractivity contribution >= 4 is 11.0 Å². The second-order valence-corrected chi connectivity index (χ2v) is 5.40. The van der Waals surface area contributed by atoms with Crippen LogP contribution < -0.4 is 16.7 Å². The Morgan fingerprint density at radius 1 is 0.950 bits per heavy atom. The van der Waals surface area contributed by atoms with Crippen LogP contribution in [0.2, 0.25) is 0 Å². The van der Waals surface area contributed by atoms with E-state index in [4.69, 9.17) is 0 Å². The van der Waals surface area contributed by atoms with Gasteiger partial charge < -0.3 is 4.98 Å². The minimum atomic E-state index is -0.517. The maximum absolute atomic E-state index is 12.6.